The Labute approximate surface area is 153 Å². The Morgan fingerprint density at radius 1 is 1.16 bits per heavy atom. The Balaban J connectivity index is 1.84. The number of carbonyl (C=O) groups is 1. The molecule has 2 fully saturated rings. The fraction of sp³-hybridized carbons (Fsp3) is 0.950. The summed E-state index contributed by atoms with van der Waals surface area (Å²) in [5.74, 6) is 1.20. The highest BCUT2D eigenvalue weighted by molar-refractivity contribution is 5.68. The number of nitrogens with zero attached hydrogens (tertiary/aromatic N) is 1. The fourth-order valence-electron chi connectivity index (χ4n) is 4.14. The number of likely N-dealkylation sites (tertiary alicyclic amines) is 1. The van der Waals surface area contributed by atoms with Gasteiger partial charge < -0.3 is 19.7 Å². The van der Waals surface area contributed by atoms with Crippen LogP contribution in [0.4, 0.5) is 4.79 Å². The summed E-state index contributed by atoms with van der Waals surface area (Å²) < 4.78 is 11.1. The number of ether oxygens (including phenoxy) is 2. The Morgan fingerprint density at radius 2 is 1.92 bits per heavy atom. The van der Waals surface area contributed by atoms with Crippen molar-refractivity contribution < 1.29 is 14.3 Å². The first kappa shape index (κ1) is 20.5. The average Bonchev–Trinajstić information content (AvgIpc) is 2.53. The zero-order valence-corrected chi connectivity index (χ0v) is 16.7. The summed E-state index contributed by atoms with van der Waals surface area (Å²) in [7, 11) is 0. The summed E-state index contributed by atoms with van der Waals surface area (Å²) in [5, 5.41) is 3.15. The Bertz CT molecular complexity index is 408. The first-order valence-corrected chi connectivity index (χ1v) is 10.2. The Hall–Kier alpha value is -0.810. The number of alkyl carbamates (subject to hydrolysis) is 1. The molecule has 2 unspecified atom stereocenters. The lowest BCUT2D eigenvalue weighted by Gasteiger charge is -2.39. The SMILES string of the molecule is CCOCC1CCCN(C[C@@H]2CCCCC2NC(=O)OC(C)(C)C)C1. The summed E-state index contributed by atoms with van der Waals surface area (Å²) in [6.07, 6.45) is 7.01. The van der Waals surface area contributed by atoms with E-state index in [9.17, 15) is 4.79 Å². The van der Waals surface area contributed by atoms with Crippen molar-refractivity contribution >= 4 is 6.09 Å². The van der Waals surface area contributed by atoms with Gasteiger partial charge in [-0.1, -0.05) is 12.8 Å². The lowest BCUT2D eigenvalue weighted by atomic mass is 9.83. The van der Waals surface area contributed by atoms with Gasteiger partial charge in [0.15, 0.2) is 0 Å². The summed E-state index contributed by atoms with van der Waals surface area (Å²) in [6.45, 7) is 12.9. The predicted octanol–water partition coefficient (Wildman–Crippen LogP) is 3.82. The summed E-state index contributed by atoms with van der Waals surface area (Å²) in [5.41, 5.74) is -0.437. The number of carbonyl (C=O) groups excluding carboxylic acids is 1. The molecule has 1 saturated heterocycles. The smallest absolute Gasteiger partial charge is 0.407 e. The lowest BCUT2D eigenvalue weighted by Crippen LogP contribution is -2.49. The Morgan fingerprint density at radius 3 is 2.64 bits per heavy atom. The molecule has 0 aromatic heterocycles. The number of rotatable bonds is 6. The van der Waals surface area contributed by atoms with E-state index in [4.69, 9.17) is 9.47 Å². The van der Waals surface area contributed by atoms with Crippen molar-refractivity contribution in [1.29, 1.82) is 0 Å². The average molecular weight is 355 g/mol. The zero-order chi connectivity index (χ0) is 18.3. The van der Waals surface area contributed by atoms with Crippen LogP contribution in [0.3, 0.4) is 0 Å². The van der Waals surface area contributed by atoms with E-state index in [-0.39, 0.29) is 12.1 Å². The highest BCUT2D eigenvalue weighted by atomic mass is 16.6. The van der Waals surface area contributed by atoms with E-state index in [1.165, 1.54) is 38.6 Å². The van der Waals surface area contributed by atoms with E-state index in [2.05, 4.69) is 17.1 Å². The second-order valence-corrected chi connectivity index (χ2v) is 8.72. The maximum absolute atomic E-state index is 12.2. The minimum absolute atomic E-state index is 0.246. The molecule has 0 radical (unpaired) electrons. The first-order chi connectivity index (χ1) is 11.9. The predicted molar refractivity (Wildman–Crippen MR) is 101 cm³/mol. The second-order valence-electron chi connectivity index (χ2n) is 8.72. The standard InChI is InChI=1S/C20H38N2O3/c1-5-24-15-16-9-8-12-22(13-16)14-17-10-6-7-11-18(17)21-19(23)25-20(2,3)4/h16-18H,5-15H2,1-4H3,(H,21,23)/t16?,17-,18?/m0/s1. The molecule has 3 atom stereocenters. The third kappa shape index (κ3) is 7.53. The van der Waals surface area contributed by atoms with E-state index < -0.39 is 5.60 Å². The molecular formula is C20H38N2O3. The number of hydrogen-bond donors (Lipinski definition) is 1. The molecule has 5 nitrogen and oxygen atoms in total. The molecule has 1 saturated carbocycles. The number of piperidine rings is 1. The van der Waals surface area contributed by atoms with Crippen LogP contribution < -0.4 is 5.32 Å². The summed E-state index contributed by atoms with van der Waals surface area (Å²) >= 11 is 0. The van der Waals surface area contributed by atoms with Crippen molar-refractivity contribution in [3.8, 4) is 0 Å². The minimum atomic E-state index is -0.437. The molecule has 2 rings (SSSR count). The topological polar surface area (TPSA) is 50.8 Å². The third-order valence-electron chi connectivity index (χ3n) is 5.26. The molecule has 1 heterocycles. The molecule has 0 spiro atoms. The molecule has 0 aromatic rings. The molecule has 1 aliphatic carbocycles. The van der Waals surface area contributed by atoms with Crippen molar-refractivity contribution in [3.63, 3.8) is 0 Å². The van der Waals surface area contributed by atoms with Crippen LogP contribution in [-0.2, 0) is 9.47 Å². The van der Waals surface area contributed by atoms with Gasteiger partial charge in [0.2, 0.25) is 0 Å². The third-order valence-corrected chi connectivity index (χ3v) is 5.26. The molecule has 5 heteroatoms. The maximum Gasteiger partial charge on any atom is 0.407 e. The molecule has 1 aliphatic heterocycles. The molecule has 0 aromatic carbocycles. The van der Waals surface area contributed by atoms with E-state index in [1.807, 2.05) is 20.8 Å². The van der Waals surface area contributed by atoms with E-state index >= 15 is 0 Å². The van der Waals surface area contributed by atoms with Gasteiger partial charge in [0, 0.05) is 25.7 Å². The van der Waals surface area contributed by atoms with Crippen LogP contribution in [0.2, 0.25) is 0 Å². The van der Waals surface area contributed by atoms with Gasteiger partial charge in [-0.3, -0.25) is 0 Å². The van der Waals surface area contributed by atoms with Crippen LogP contribution in [0.1, 0.15) is 66.2 Å². The van der Waals surface area contributed by atoms with Crippen molar-refractivity contribution in [2.24, 2.45) is 11.8 Å². The highest BCUT2D eigenvalue weighted by Crippen LogP contribution is 2.27. The number of hydrogen-bond acceptors (Lipinski definition) is 4. The van der Waals surface area contributed by atoms with Crippen molar-refractivity contribution in [2.75, 3.05) is 32.8 Å². The van der Waals surface area contributed by atoms with Gasteiger partial charge in [0.1, 0.15) is 5.60 Å². The number of nitrogens with one attached hydrogen (secondary N) is 1. The second kappa shape index (κ2) is 9.77. The van der Waals surface area contributed by atoms with Gasteiger partial charge in [0.25, 0.3) is 0 Å². The van der Waals surface area contributed by atoms with Gasteiger partial charge in [-0.15, -0.1) is 0 Å². The van der Waals surface area contributed by atoms with E-state index in [1.54, 1.807) is 0 Å². The van der Waals surface area contributed by atoms with Crippen LogP contribution in [0.5, 0.6) is 0 Å². The molecule has 2 aliphatic rings. The molecule has 146 valence electrons. The monoisotopic (exact) mass is 354 g/mol. The van der Waals surface area contributed by atoms with Crippen LogP contribution in [0.25, 0.3) is 0 Å². The van der Waals surface area contributed by atoms with Gasteiger partial charge in [0.05, 0.1) is 6.61 Å². The highest BCUT2D eigenvalue weighted by Gasteiger charge is 2.31. The number of amides is 1. The van der Waals surface area contributed by atoms with Crippen molar-refractivity contribution in [1.82, 2.24) is 10.2 Å². The molecule has 25 heavy (non-hydrogen) atoms. The van der Waals surface area contributed by atoms with Crippen molar-refractivity contribution in [3.05, 3.63) is 0 Å². The van der Waals surface area contributed by atoms with Gasteiger partial charge >= 0.3 is 6.09 Å². The molecule has 0 bridgehead atoms. The van der Waals surface area contributed by atoms with E-state index in [0.717, 1.165) is 32.7 Å². The molecular weight excluding hydrogens is 316 g/mol. The first-order valence-electron chi connectivity index (χ1n) is 10.2. The quantitative estimate of drug-likeness (QED) is 0.788. The maximum atomic E-state index is 12.2. The van der Waals surface area contributed by atoms with Crippen LogP contribution in [-0.4, -0.2) is 55.5 Å². The van der Waals surface area contributed by atoms with Gasteiger partial charge in [-0.05, 0) is 71.8 Å². The Kier molecular flexibility index (Phi) is 8.01. The largest absolute Gasteiger partial charge is 0.444 e. The molecule has 1 N–H and O–H groups in total. The van der Waals surface area contributed by atoms with Crippen LogP contribution in [0.15, 0.2) is 0 Å². The van der Waals surface area contributed by atoms with Gasteiger partial charge in [-0.25, -0.2) is 4.79 Å². The van der Waals surface area contributed by atoms with Crippen LogP contribution >= 0.6 is 0 Å². The normalized spacial score (nSPS) is 28.6. The lowest BCUT2D eigenvalue weighted by molar-refractivity contribution is 0.0405. The van der Waals surface area contributed by atoms with E-state index in [0.29, 0.717) is 11.8 Å². The molecule has 1 amide bonds. The zero-order valence-electron chi connectivity index (χ0n) is 16.7. The minimum Gasteiger partial charge on any atom is -0.444 e. The van der Waals surface area contributed by atoms with Crippen LogP contribution in [0, 0.1) is 11.8 Å². The van der Waals surface area contributed by atoms with Gasteiger partial charge in [-0.2, -0.15) is 0 Å². The van der Waals surface area contributed by atoms with Crippen molar-refractivity contribution in [2.45, 2.75) is 77.9 Å². The summed E-state index contributed by atoms with van der Waals surface area (Å²) in [6, 6.07) is 0.246. The summed E-state index contributed by atoms with van der Waals surface area (Å²) in [4.78, 5) is 14.8. The fourth-order valence-corrected chi connectivity index (χ4v) is 4.14.